The highest BCUT2D eigenvalue weighted by atomic mass is 19.4. The highest BCUT2D eigenvalue weighted by Gasteiger charge is 2.30. The minimum absolute atomic E-state index is 0.235. The van der Waals surface area contributed by atoms with Gasteiger partial charge in [-0.25, -0.2) is 4.98 Å². The van der Waals surface area contributed by atoms with Crippen LogP contribution in [0.3, 0.4) is 0 Å². The number of rotatable bonds is 3. The highest BCUT2D eigenvalue weighted by molar-refractivity contribution is 5.59. The second-order valence-corrected chi connectivity index (χ2v) is 3.66. The Labute approximate surface area is 102 Å². The van der Waals surface area contributed by atoms with Crippen molar-refractivity contribution in [3.8, 4) is 17.0 Å². The van der Waals surface area contributed by atoms with Gasteiger partial charge in [0.25, 0.3) is 0 Å². The van der Waals surface area contributed by atoms with Crippen LogP contribution in [0.4, 0.5) is 13.2 Å². The maximum absolute atomic E-state index is 12.0. The fraction of sp³-hybridized carbons (Fsp3) is 0.250. The number of halogens is 3. The number of alkyl halides is 3. The molecule has 0 aliphatic rings. The fourth-order valence-electron chi connectivity index (χ4n) is 1.51. The van der Waals surface area contributed by atoms with E-state index in [9.17, 15) is 13.2 Å². The van der Waals surface area contributed by atoms with E-state index in [2.05, 4.69) is 9.72 Å². The van der Waals surface area contributed by atoms with E-state index in [0.717, 1.165) is 17.8 Å². The quantitative estimate of drug-likeness (QED) is 0.840. The van der Waals surface area contributed by atoms with Crippen LogP contribution in [-0.4, -0.2) is 15.9 Å². The summed E-state index contributed by atoms with van der Waals surface area (Å²) in [5.74, 6) is -0.235. The van der Waals surface area contributed by atoms with E-state index in [1.54, 1.807) is 18.5 Å². The Morgan fingerprint density at radius 3 is 2.39 bits per heavy atom. The molecule has 0 N–H and O–H groups in total. The molecule has 0 amide bonds. The van der Waals surface area contributed by atoms with Gasteiger partial charge in [0.2, 0.25) is 0 Å². The number of aryl methyl sites for hydroxylation is 1. The number of benzene rings is 1. The molecule has 18 heavy (non-hydrogen) atoms. The average molecular weight is 256 g/mol. The molecule has 2 aromatic rings. The molecule has 0 saturated carbocycles. The van der Waals surface area contributed by atoms with E-state index in [-0.39, 0.29) is 5.75 Å². The Morgan fingerprint density at radius 2 is 1.89 bits per heavy atom. The molecule has 0 bridgehead atoms. The summed E-state index contributed by atoms with van der Waals surface area (Å²) < 4.78 is 41.6. The van der Waals surface area contributed by atoms with Gasteiger partial charge in [0, 0.05) is 18.3 Å². The van der Waals surface area contributed by atoms with Gasteiger partial charge in [0.15, 0.2) is 0 Å². The Hall–Kier alpha value is -1.98. The van der Waals surface area contributed by atoms with E-state index < -0.39 is 6.36 Å². The van der Waals surface area contributed by atoms with Crippen molar-refractivity contribution in [2.75, 3.05) is 0 Å². The van der Waals surface area contributed by atoms with E-state index in [1.165, 1.54) is 12.1 Å². The number of hydrogen-bond donors (Lipinski definition) is 0. The van der Waals surface area contributed by atoms with E-state index in [1.807, 2.05) is 17.7 Å². The Bertz CT molecular complexity index is 517. The Balaban J connectivity index is 2.17. The van der Waals surface area contributed by atoms with E-state index in [0.29, 0.717) is 0 Å². The lowest BCUT2D eigenvalue weighted by atomic mass is 10.2. The molecule has 6 heteroatoms. The zero-order valence-electron chi connectivity index (χ0n) is 9.61. The summed E-state index contributed by atoms with van der Waals surface area (Å²) in [7, 11) is 0. The summed E-state index contributed by atoms with van der Waals surface area (Å²) >= 11 is 0. The third-order valence-corrected chi connectivity index (χ3v) is 2.38. The van der Waals surface area contributed by atoms with Crippen LogP contribution in [0.2, 0.25) is 0 Å². The molecule has 1 aromatic carbocycles. The molecule has 0 saturated heterocycles. The van der Waals surface area contributed by atoms with Crippen LogP contribution in [0, 0.1) is 0 Å². The van der Waals surface area contributed by atoms with Crippen molar-refractivity contribution in [2.45, 2.75) is 19.8 Å². The number of ether oxygens (including phenoxy) is 1. The van der Waals surface area contributed by atoms with Gasteiger partial charge in [-0.2, -0.15) is 0 Å². The van der Waals surface area contributed by atoms with Crippen LogP contribution in [0.5, 0.6) is 5.75 Å². The van der Waals surface area contributed by atoms with Crippen molar-refractivity contribution in [1.29, 1.82) is 0 Å². The second-order valence-electron chi connectivity index (χ2n) is 3.66. The maximum Gasteiger partial charge on any atom is 0.573 e. The molecule has 0 fully saturated rings. The lowest BCUT2D eigenvalue weighted by Gasteiger charge is -2.08. The molecular weight excluding hydrogens is 245 g/mol. The van der Waals surface area contributed by atoms with Gasteiger partial charge in [0.05, 0.1) is 12.0 Å². The van der Waals surface area contributed by atoms with Crippen LogP contribution in [0.15, 0.2) is 36.8 Å². The zero-order chi connectivity index (χ0) is 13.2. The third-order valence-electron chi connectivity index (χ3n) is 2.38. The number of nitrogens with zero attached hydrogens (tertiary/aromatic N) is 2. The first kappa shape index (κ1) is 12.5. The largest absolute Gasteiger partial charge is 0.573 e. The van der Waals surface area contributed by atoms with Crippen LogP contribution in [-0.2, 0) is 6.54 Å². The molecule has 1 heterocycles. The molecule has 0 radical (unpaired) electrons. The topological polar surface area (TPSA) is 27.1 Å². The van der Waals surface area contributed by atoms with Gasteiger partial charge in [-0.1, -0.05) is 0 Å². The second kappa shape index (κ2) is 4.72. The SMILES string of the molecule is CCn1cnc(-c2ccc(OC(F)(F)F)cc2)c1. The molecule has 3 nitrogen and oxygen atoms in total. The van der Waals surface area contributed by atoms with Crippen molar-refractivity contribution in [3.05, 3.63) is 36.8 Å². The summed E-state index contributed by atoms with van der Waals surface area (Å²) in [6, 6.07) is 5.63. The van der Waals surface area contributed by atoms with Crippen LogP contribution in [0.25, 0.3) is 11.3 Å². The number of imidazole rings is 1. The van der Waals surface area contributed by atoms with Crippen LogP contribution in [0.1, 0.15) is 6.92 Å². The zero-order valence-corrected chi connectivity index (χ0v) is 9.61. The molecule has 0 aliphatic heterocycles. The fourth-order valence-corrected chi connectivity index (χ4v) is 1.51. The molecule has 1 aromatic heterocycles. The van der Waals surface area contributed by atoms with Crippen molar-refractivity contribution in [2.24, 2.45) is 0 Å². The first-order valence-corrected chi connectivity index (χ1v) is 5.36. The van der Waals surface area contributed by atoms with Gasteiger partial charge in [0.1, 0.15) is 5.75 Å². The van der Waals surface area contributed by atoms with Gasteiger partial charge in [-0.05, 0) is 31.2 Å². The predicted octanol–water partition coefficient (Wildman–Crippen LogP) is 3.47. The molecule has 2 rings (SSSR count). The monoisotopic (exact) mass is 256 g/mol. The summed E-state index contributed by atoms with van der Waals surface area (Å²) in [4.78, 5) is 4.16. The van der Waals surface area contributed by atoms with Gasteiger partial charge >= 0.3 is 6.36 Å². The Morgan fingerprint density at radius 1 is 1.22 bits per heavy atom. The van der Waals surface area contributed by atoms with Gasteiger partial charge in [-0.15, -0.1) is 13.2 Å². The summed E-state index contributed by atoms with van der Waals surface area (Å²) in [5.41, 5.74) is 1.46. The summed E-state index contributed by atoms with van der Waals surface area (Å²) in [6.07, 6.45) is -1.15. The minimum Gasteiger partial charge on any atom is -0.406 e. The molecule has 96 valence electrons. The van der Waals surface area contributed by atoms with Crippen LogP contribution >= 0.6 is 0 Å². The van der Waals surface area contributed by atoms with Crippen molar-refractivity contribution < 1.29 is 17.9 Å². The number of hydrogen-bond acceptors (Lipinski definition) is 2. The van der Waals surface area contributed by atoms with Crippen molar-refractivity contribution in [1.82, 2.24) is 9.55 Å². The molecule has 0 atom stereocenters. The molecule has 0 aliphatic carbocycles. The number of aromatic nitrogens is 2. The third kappa shape index (κ3) is 3.03. The highest BCUT2D eigenvalue weighted by Crippen LogP contribution is 2.25. The van der Waals surface area contributed by atoms with E-state index >= 15 is 0 Å². The molecule has 0 spiro atoms. The van der Waals surface area contributed by atoms with E-state index in [4.69, 9.17) is 0 Å². The summed E-state index contributed by atoms with van der Waals surface area (Å²) in [5, 5.41) is 0. The van der Waals surface area contributed by atoms with Crippen molar-refractivity contribution >= 4 is 0 Å². The maximum atomic E-state index is 12.0. The first-order chi connectivity index (χ1) is 8.48. The average Bonchev–Trinajstić information content (AvgIpc) is 2.76. The normalized spacial score (nSPS) is 11.6. The summed E-state index contributed by atoms with van der Waals surface area (Å²) in [6.45, 7) is 2.77. The lowest BCUT2D eigenvalue weighted by Crippen LogP contribution is -2.16. The first-order valence-electron chi connectivity index (χ1n) is 5.36. The van der Waals surface area contributed by atoms with Gasteiger partial charge in [-0.3, -0.25) is 0 Å². The molecular formula is C12H11F3N2O. The molecule has 0 unspecified atom stereocenters. The smallest absolute Gasteiger partial charge is 0.406 e. The van der Waals surface area contributed by atoms with Gasteiger partial charge < -0.3 is 9.30 Å². The minimum atomic E-state index is -4.66. The van der Waals surface area contributed by atoms with Crippen molar-refractivity contribution in [3.63, 3.8) is 0 Å². The lowest BCUT2D eigenvalue weighted by molar-refractivity contribution is -0.274. The Kier molecular flexibility index (Phi) is 3.27. The predicted molar refractivity (Wildman–Crippen MR) is 60.0 cm³/mol. The van der Waals surface area contributed by atoms with Crippen LogP contribution < -0.4 is 4.74 Å². The standard InChI is InChI=1S/C12H11F3N2O/c1-2-17-7-11(16-8-17)9-3-5-10(6-4-9)18-12(13,14)15/h3-8H,2H2,1H3.